The van der Waals surface area contributed by atoms with Gasteiger partial charge in [-0.05, 0) is 24.3 Å². The van der Waals surface area contributed by atoms with E-state index in [9.17, 15) is 0 Å². The number of nitrogens with two attached hydrogens (primary N) is 3. The van der Waals surface area contributed by atoms with Crippen LogP contribution >= 0.6 is 0 Å². The molecule has 0 aliphatic heterocycles. The fourth-order valence-electron chi connectivity index (χ4n) is 2.00. The quantitative estimate of drug-likeness (QED) is 0.430. The SMILES string of the molecule is Nc1ccc2c(c1)[nH]c1cc(N)c(N)cc12. The highest BCUT2D eigenvalue weighted by Crippen LogP contribution is 2.30. The van der Waals surface area contributed by atoms with Gasteiger partial charge in [-0.1, -0.05) is 6.07 Å². The molecule has 2 aromatic carbocycles. The van der Waals surface area contributed by atoms with Crippen LogP contribution in [0, 0.1) is 0 Å². The summed E-state index contributed by atoms with van der Waals surface area (Å²) in [5.74, 6) is 0. The van der Waals surface area contributed by atoms with E-state index in [0.717, 1.165) is 27.5 Å². The maximum Gasteiger partial charge on any atom is 0.0569 e. The van der Waals surface area contributed by atoms with Crippen LogP contribution in [0.1, 0.15) is 0 Å². The average Bonchev–Trinajstić information content (AvgIpc) is 2.55. The van der Waals surface area contributed by atoms with E-state index < -0.39 is 0 Å². The molecule has 0 amide bonds. The molecule has 16 heavy (non-hydrogen) atoms. The number of hydrogen-bond acceptors (Lipinski definition) is 3. The molecular weight excluding hydrogens is 200 g/mol. The lowest BCUT2D eigenvalue weighted by atomic mass is 10.1. The lowest BCUT2D eigenvalue weighted by molar-refractivity contribution is 1.54. The van der Waals surface area contributed by atoms with Gasteiger partial charge in [0.05, 0.1) is 11.4 Å². The van der Waals surface area contributed by atoms with Gasteiger partial charge in [0.15, 0.2) is 0 Å². The molecular formula is C12H12N4. The zero-order chi connectivity index (χ0) is 11.3. The Labute approximate surface area is 92.0 Å². The molecule has 0 fully saturated rings. The van der Waals surface area contributed by atoms with E-state index in [-0.39, 0.29) is 0 Å². The van der Waals surface area contributed by atoms with Crippen molar-refractivity contribution < 1.29 is 0 Å². The zero-order valence-corrected chi connectivity index (χ0v) is 8.62. The van der Waals surface area contributed by atoms with Gasteiger partial charge in [-0.25, -0.2) is 0 Å². The summed E-state index contributed by atoms with van der Waals surface area (Å²) >= 11 is 0. The van der Waals surface area contributed by atoms with Gasteiger partial charge in [0.2, 0.25) is 0 Å². The third-order valence-corrected chi connectivity index (χ3v) is 2.83. The molecule has 80 valence electrons. The second-order valence-electron chi connectivity index (χ2n) is 3.96. The highest BCUT2D eigenvalue weighted by atomic mass is 14.7. The van der Waals surface area contributed by atoms with Crippen molar-refractivity contribution in [3.05, 3.63) is 30.3 Å². The zero-order valence-electron chi connectivity index (χ0n) is 8.62. The molecule has 0 saturated heterocycles. The summed E-state index contributed by atoms with van der Waals surface area (Å²) in [6.45, 7) is 0. The number of nitrogen functional groups attached to an aromatic ring is 3. The second kappa shape index (κ2) is 2.82. The molecule has 4 heteroatoms. The first-order chi connectivity index (χ1) is 7.65. The highest BCUT2D eigenvalue weighted by Gasteiger charge is 2.06. The monoisotopic (exact) mass is 212 g/mol. The summed E-state index contributed by atoms with van der Waals surface area (Å²) in [6.07, 6.45) is 0. The van der Waals surface area contributed by atoms with Gasteiger partial charge in [-0.3, -0.25) is 0 Å². The van der Waals surface area contributed by atoms with Crippen molar-refractivity contribution in [2.24, 2.45) is 0 Å². The second-order valence-corrected chi connectivity index (χ2v) is 3.96. The van der Waals surface area contributed by atoms with Crippen molar-refractivity contribution in [1.82, 2.24) is 4.98 Å². The third kappa shape index (κ3) is 1.10. The normalized spacial score (nSPS) is 11.2. The maximum atomic E-state index is 5.80. The molecule has 4 nitrogen and oxygen atoms in total. The number of fused-ring (bicyclic) bond motifs is 3. The van der Waals surface area contributed by atoms with Crippen LogP contribution in [0.5, 0.6) is 0 Å². The first-order valence-electron chi connectivity index (χ1n) is 5.01. The number of benzene rings is 2. The van der Waals surface area contributed by atoms with Gasteiger partial charge in [0.1, 0.15) is 0 Å². The van der Waals surface area contributed by atoms with E-state index >= 15 is 0 Å². The predicted molar refractivity (Wildman–Crippen MR) is 69.0 cm³/mol. The molecule has 0 aliphatic rings. The van der Waals surface area contributed by atoms with Gasteiger partial charge in [0.25, 0.3) is 0 Å². The molecule has 0 aliphatic carbocycles. The number of anilines is 3. The van der Waals surface area contributed by atoms with Crippen molar-refractivity contribution in [3.8, 4) is 0 Å². The molecule has 1 heterocycles. The van der Waals surface area contributed by atoms with Gasteiger partial charge < -0.3 is 22.2 Å². The molecule has 0 radical (unpaired) electrons. The largest absolute Gasteiger partial charge is 0.399 e. The Morgan fingerprint density at radius 2 is 1.44 bits per heavy atom. The van der Waals surface area contributed by atoms with E-state index in [1.165, 1.54) is 0 Å². The predicted octanol–water partition coefficient (Wildman–Crippen LogP) is 2.07. The molecule has 0 atom stereocenters. The molecule has 1 aromatic heterocycles. The summed E-state index contributed by atoms with van der Waals surface area (Å²) in [5, 5.41) is 2.18. The number of hydrogen-bond donors (Lipinski definition) is 4. The van der Waals surface area contributed by atoms with Crippen LogP contribution in [0.25, 0.3) is 21.8 Å². The van der Waals surface area contributed by atoms with Gasteiger partial charge >= 0.3 is 0 Å². The van der Waals surface area contributed by atoms with Crippen molar-refractivity contribution in [2.75, 3.05) is 17.2 Å². The Morgan fingerprint density at radius 3 is 2.25 bits per heavy atom. The minimum absolute atomic E-state index is 0.590. The third-order valence-electron chi connectivity index (χ3n) is 2.83. The smallest absolute Gasteiger partial charge is 0.0569 e. The maximum absolute atomic E-state index is 5.80. The van der Waals surface area contributed by atoms with Crippen LogP contribution in [0.3, 0.4) is 0 Å². The molecule has 3 aromatic rings. The van der Waals surface area contributed by atoms with Crippen LogP contribution in [-0.4, -0.2) is 4.98 Å². The van der Waals surface area contributed by atoms with E-state index in [0.29, 0.717) is 11.4 Å². The topological polar surface area (TPSA) is 93.8 Å². The first kappa shape index (κ1) is 8.91. The summed E-state index contributed by atoms with van der Waals surface area (Å²) in [4.78, 5) is 3.27. The van der Waals surface area contributed by atoms with Crippen molar-refractivity contribution in [3.63, 3.8) is 0 Å². The van der Waals surface area contributed by atoms with Crippen LogP contribution in [-0.2, 0) is 0 Å². The first-order valence-corrected chi connectivity index (χ1v) is 5.01. The molecule has 0 saturated carbocycles. The van der Waals surface area contributed by atoms with E-state index in [1.807, 2.05) is 30.3 Å². The van der Waals surface area contributed by atoms with Crippen LogP contribution < -0.4 is 17.2 Å². The van der Waals surface area contributed by atoms with Crippen molar-refractivity contribution in [1.29, 1.82) is 0 Å². The number of aromatic nitrogens is 1. The Kier molecular flexibility index (Phi) is 1.57. The van der Waals surface area contributed by atoms with E-state index in [4.69, 9.17) is 17.2 Å². The number of nitrogens with one attached hydrogen (secondary N) is 1. The van der Waals surface area contributed by atoms with Crippen LogP contribution in [0.15, 0.2) is 30.3 Å². The van der Waals surface area contributed by atoms with Gasteiger partial charge in [-0.15, -0.1) is 0 Å². The average molecular weight is 212 g/mol. The molecule has 0 unspecified atom stereocenters. The van der Waals surface area contributed by atoms with Gasteiger partial charge in [-0.2, -0.15) is 0 Å². The minimum Gasteiger partial charge on any atom is -0.399 e. The number of aromatic amines is 1. The molecule has 3 rings (SSSR count). The molecule has 0 bridgehead atoms. The van der Waals surface area contributed by atoms with Gasteiger partial charge in [0, 0.05) is 27.5 Å². The van der Waals surface area contributed by atoms with Crippen molar-refractivity contribution in [2.45, 2.75) is 0 Å². The summed E-state index contributed by atoms with van der Waals surface area (Å²) in [5.41, 5.74) is 21.2. The Balaban J connectivity index is 2.51. The van der Waals surface area contributed by atoms with Crippen LogP contribution in [0.2, 0.25) is 0 Å². The van der Waals surface area contributed by atoms with Crippen molar-refractivity contribution >= 4 is 38.9 Å². The fourth-order valence-corrected chi connectivity index (χ4v) is 2.00. The fraction of sp³-hybridized carbons (Fsp3) is 0. The lowest BCUT2D eigenvalue weighted by Crippen LogP contribution is -1.93. The number of rotatable bonds is 0. The van der Waals surface area contributed by atoms with E-state index in [1.54, 1.807) is 0 Å². The standard InChI is InChI=1S/C12H12N4/c13-6-1-2-7-8-4-9(14)10(15)5-12(8)16-11(7)3-6/h1-5,16H,13-15H2. The Hall–Kier alpha value is -2.36. The number of H-pyrrole nitrogens is 1. The summed E-state index contributed by atoms with van der Waals surface area (Å²) in [6, 6.07) is 9.50. The molecule has 7 N–H and O–H groups in total. The highest BCUT2D eigenvalue weighted by molar-refractivity contribution is 6.10. The molecule has 0 spiro atoms. The van der Waals surface area contributed by atoms with E-state index in [2.05, 4.69) is 4.98 Å². The lowest BCUT2D eigenvalue weighted by Gasteiger charge is -1.99. The Bertz CT molecular complexity index is 697. The van der Waals surface area contributed by atoms with Crippen LogP contribution in [0.4, 0.5) is 17.1 Å². The minimum atomic E-state index is 0.590. The summed E-state index contributed by atoms with van der Waals surface area (Å²) in [7, 11) is 0. The summed E-state index contributed by atoms with van der Waals surface area (Å²) < 4.78 is 0. The Morgan fingerprint density at radius 1 is 0.750 bits per heavy atom.